The molecule has 0 atom stereocenters. The lowest BCUT2D eigenvalue weighted by atomic mass is 10.3. The predicted octanol–water partition coefficient (Wildman–Crippen LogP) is 1.38. The van der Waals surface area contributed by atoms with E-state index in [-0.39, 0.29) is 0 Å². The first kappa shape index (κ1) is 7.72. The van der Waals surface area contributed by atoms with E-state index in [4.69, 9.17) is 0 Å². The Morgan fingerprint density at radius 3 is 3.18 bits per heavy atom. The molecule has 1 N–H and O–H groups in total. The summed E-state index contributed by atoms with van der Waals surface area (Å²) < 4.78 is 0. The summed E-state index contributed by atoms with van der Waals surface area (Å²) >= 11 is 0. The van der Waals surface area contributed by atoms with Crippen LogP contribution in [-0.4, -0.2) is 16.7 Å². The summed E-state index contributed by atoms with van der Waals surface area (Å²) in [5, 5.41) is 10.7. The van der Waals surface area contributed by atoms with Crippen molar-refractivity contribution < 1.29 is 0 Å². The van der Waals surface area contributed by atoms with Gasteiger partial charge in [0.05, 0.1) is 6.20 Å². The van der Waals surface area contributed by atoms with Crippen LogP contribution in [0.3, 0.4) is 0 Å². The van der Waals surface area contributed by atoms with E-state index in [0.29, 0.717) is 0 Å². The molecule has 3 nitrogen and oxygen atoms in total. The molecule has 0 saturated carbocycles. The second-order valence-electron chi connectivity index (χ2n) is 2.29. The Hall–Kier alpha value is -1.38. The maximum atomic E-state index is 3.87. The largest absolute Gasteiger partial charge is 0.365 e. The molecule has 0 aliphatic carbocycles. The fourth-order valence-corrected chi connectivity index (χ4v) is 0.727. The Morgan fingerprint density at radius 1 is 1.73 bits per heavy atom. The van der Waals surface area contributed by atoms with Crippen molar-refractivity contribution in [2.24, 2.45) is 0 Å². The van der Waals surface area contributed by atoms with Crippen LogP contribution in [0.5, 0.6) is 0 Å². The van der Waals surface area contributed by atoms with E-state index >= 15 is 0 Å². The zero-order valence-electron chi connectivity index (χ0n) is 6.54. The van der Waals surface area contributed by atoms with Crippen LogP contribution in [0.1, 0.15) is 5.56 Å². The molecule has 0 aromatic carbocycles. The standard InChI is InChI=1S/C8H11N3/c1-3-4-9-8-5-7(2)6-10-11-8/h3,5-6H,1,4H2,2H3,(H,9,11). The molecule has 0 fully saturated rings. The molecule has 0 amide bonds. The van der Waals surface area contributed by atoms with Crippen LogP contribution < -0.4 is 5.32 Å². The van der Waals surface area contributed by atoms with Gasteiger partial charge in [-0.3, -0.25) is 0 Å². The molecule has 0 bridgehead atoms. The highest BCUT2D eigenvalue weighted by Gasteiger charge is 1.90. The molecule has 1 heterocycles. The molecule has 58 valence electrons. The minimum Gasteiger partial charge on any atom is -0.365 e. The quantitative estimate of drug-likeness (QED) is 0.660. The number of hydrogen-bond donors (Lipinski definition) is 1. The van der Waals surface area contributed by atoms with Crippen molar-refractivity contribution in [3.05, 3.63) is 30.5 Å². The molecule has 0 radical (unpaired) electrons. The van der Waals surface area contributed by atoms with Crippen LogP contribution in [0.25, 0.3) is 0 Å². The summed E-state index contributed by atoms with van der Waals surface area (Å²) in [6.45, 7) is 6.29. The molecule has 0 spiro atoms. The van der Waals surface area contributed by atoms with Crippen LogP contribution in [0.2, 0.25) is 0 Å². The van der Waals surface area contributed by atoms with E-state index < -0.39 is 0 Å². The minimum absolute atomic E-state index is 0.720. The average molecular weight is 149 g/mol. The summed E-state index contributed by atoms with van der Waals surface area (Å²) in [5.74, 6) is 0.796. The van der Waals surface area contributed by atoms with Gasteiger partial charge in [-0.15, -0.1) is 11.7 Å². The van der Waals surface area contributed by atoms with E-state index in [2.05, 4.69) is 22.1 Å². The van der Waals surface area contributed by atoms with Crippen molar-refractivity contribution in [1.82, 2.24) is 10.2 Å². The molecule has 1 aromatic rings. The van der Waals surface area contributed by atoms with Gasteiger partial charge >= 0.3 is 0 Å². The molecular formula is C8H11N3. The highest BCUT2D eigenvalue weighted by atomic mass is 15.2. The normalized spacial score (nSPS) is 9.18. The number of rotatable bonds is 3. The predicted molar refractivity (Wildman–Crippen MR) is 45.5 cm³/mol. The first-order chi connectivity index (χ1) is 5.33. The molecule has 0 aliphatic heterocycles. The van der Waals surface area contributed by atoms with Crippen molar-refractivity contribution in [2.45, 2.75) is 6.92 Å². The monoisotopic (exact) mass is 149 g/mol. The van der Waals surface area contributed by atoms with Gasteiger partial charge in [0.15, 0.2) is 0 Å². The van der Waals surface area contributed by atoms with Crippen LogP contribution in [0, 0.1) is 6.92 Å². The SMILES string of the molecule is C=CCNc1cc(C)cnn1. The average Bonchev–Trinajstić information content (AvgIpc) is 2.01. The topological polar surface area (TPSA) is 37.8 Å². The third-order valence-electron chi connectivity index (χ3n) is 1.22. The van der Waals surface area contributed by atoms with Crippen molar-refractivity contribution in [1.29, 1.82) is 0 Å². The Kier molecular flexibility index (Phi) is 2.60. The summed E-state index contributed by atoms with van der Waals surface area (Å²) in [7, 11) is 0. The van der Waals surface area contributed by atoms with Crippen LogP contribution in [0.4, 0.5) is 5.82 Å². The summed E-state index contributed by atoms with van der Waals surface area (Å²) in [6, 6.07) is 1.94. The molecular weight excluding hydrogens is 138 g/mol. The Morgan fingerprint density at radius 2 is 2.55 bits per heavy atom. The highest BCUT2D eigenvalue weighted by molar-refractivity contribution is 5.35. The number of hydrogen-bond acceptors (Lipinski definition) is 3. The van der Waals surface area contributed by atoms with Crippen molar-refractivity contribution in [3.8, 4) is 0 Å². The molecule has 0 unspecified atom stereocenters. The first-order valence-corrected chi connectivity index (χ1v) is 3.47. The lowest BCUT2D eigenvalue weighted by Gasteiger charge is -2.00. The first-order valence-electron chi connectivity index (χ1n) is 3.47. The van der Waals surface area contributed by atoms with Gasteiger partial charge in [0.1, 0.15) is 5.82 Å². The lowest BCUT2D eigenvalue weighted by Crippen LogP contribution is -2.01. The molecule has 1 rings (SSSR count). The van der Waals surface area contributed by atoms with Gasteiger partial charge in [0.25, 0.3) is 0 Å². The van der Waals surface area contributed by atoms with Gasteiger partial charge in [0.2, 0.25) is 0 Å². The van der Waals surface area contributed by atoms with Gasteiger partial charge in [-0.05, 0) is 18.6 Å². The molecule has 0 aliphatic rings. The number of aryl methyl sites for hydroxylation is 1. The second-order valence-corrected chi connectivity index (χ2v) is 2.29. The highest BCUT2D eigenvalue weighted by Crippen LogP contribution is 2.01. The van der Waals surface area contributed by atoms with E-state index in [9.17, 15) is 0 Å². The smallest absolute Gasteiger partial charge is 0.149 e. The fraction of sp³-hybridized carbons (Fsp3) is 0.250. The van der Waals surface area contributed by atoms with E-state index in [0.717, 1.165) is 17.9 Å². The molecule has 0 saturated heterocycles. The zero-order chi connectivity index (χ0) is 8.10. The maximum absolute atomic E-state index is 3.87. The third kappa shape index (κ3) is 2.37. The fourth-order valence-electron chi connectivity index (χ4n) is 0.727. The van der Waals surface area contributed by atoms with Gasteiger partial charge in [-0.1, -0.05) is 6.08 Å². The van der Waals surface area contributed by atoms with Crippen molar-refractivity contribution in [2.75, 3.05) is 11.9 Å². The van der Waals surface area contributed by atoms with E-state index in [1.165, 1.54) is 0 Å². The van der Waals surface area contributed by atoms with Crippen LogP contribution >= 0.6 is 0 Å². The second kappa shape index (κ2) is 3.71. The third-order valence-corrected chi connectivity index (χ3v) is 1.22. The van der Waals surface area contributed by atoms with Crippen LogP contribution in [0.15, 0.2) is 24.9 Å². The summed E-state index contributed by atoms with van der Waals surface area (Å²) in [4.78, 5) is 0. The van der Waals surface area contributed by atoms with Crippen LogP contribution in [-0.2, 0) is 0 Å². The summed E-state index contributed by atoms with van der Waals surface area (Å²) in [5.41, 5.74) is 1.10. The van der Waals surface area contributed by atoms with Gasteiger partial charge in [-0.2, -0.15) is 5.10 Å². The molecule has 11 heavy (non-hydrogen) atoms. The van der Waals surface area contributed by atoms with E-state index in [1.54, 1.807) is 12.3 Å². The Labute approximate surface area is 66.2 Å². The van der Waals surface area contributed by atoms with Gasteiger partial charge < -0.3 is 5.32 Å². The summed E-state index contributed by atoms with van der Waals surface area (Å²) in [6.07, 6.45) is 3.50. The Bertz CT molecular complexity index is 245. The van der Waals surface area contributed by atoms with E-state index in [1.807, 2.05) is 13.0 Å². The zero-order valence-corrected chi connectivity index (χ0v) is 6.54. The number of aromatic nitrogens is 2. The minimum atomic E-state index is 0.720. The van der Waals surface area contributed by atoms with Gasteiger partial charge in [0, 0.05) is 6.54 Å². The number of anilines is 1. The maximum Gasteiger partial charge on any atom is 0.149 e. The molecule has 3 heteroatoms. The molecule has 1 aromatic heterocycles. The van der Waals surface area contributed by atoms with Crippen molar-refractivity contribution in [3.63, 3.8) is 0 Å². The lowest BCUT2D eigenvalue weighted by molar-refractivity contribution is 1.01. The van der Waals surface area contributed by atoms with Crippen molar-refractivity contribution >= 4 is 5.82 Å². The number of nitrogens with one attached hydrogen (secondary N) is 1. The van der Waals surface area contributed by atoms with Gasteiger partial charge in [-0.25, -0.2) is 0 Å². The number of nitrogens with zero attached hydrogens (tertiary/aromatic N) is 2. The Balaban J connectivity index is 2.63.